The van der Waals surface area contributed by atoms with Gasteiger partial charge in [-0.15, -0.1) is 0 Å². The van der Waals surface area contributed by atoms with Gasteiger partial charge in [0.15, 0.2) is 5.78 Å². The van der Waals surface area contributed by atoms with Crippen molar-refractivity contribution in [3.05, 3.63) is 47.5 Å². The molecule has 0 heterocycles. The van der Waals surface area contributed by atoms with Crippen LogP contribution in [0.25, 0.3) is 0 Å². The van der Waals surface area contributed by atoms with Crippen LogP contribution < -0.4 is 0 Å². The molecule has 3 fully saturated rings. The summed E-state index contributed by atoms with van der Waals surface area (Å²) in [7, 11) is 0. The molecule has 0 bridgehead atoms. The van der Waals surface area contributed by atoms with Gasteiger partial charge in [0, 0.05) is 11.1 Å². The van der Waals surface area contributed by atoms with E-state index in [1.807, 2.05) is 30.3 Å². The van der Waals surface area contributed by atoms with E-state index in [0.29, 0.717) is 17.3 Å². The van der Waals surface area contributed by atoms with Crippen LogP contribution in [0.2, 0.25) is 0 Å². The molecule has 0 radical (unpaired) electrons. The van der Waals surface area contributed by atoms with Gasteiger partial charge in [-0.1, -0.05) is 50.3 Å². The first-order chi connectivity index (χ1) is 13.4. The lowest BCUT2D eigenvalue weighted by atomic mass is 9.44. The van der Waals surface area contributed by atoms with E-state index in [1.54, 1.807) is 0 Å². The average molecular weight is 379 g/mol. The molecule has 7 atom stereocenters. The maximum Gasteiger partial charge on any atom is 0.189 e. The van der Waals surface area contributed by atoms with Crippen LogP contribution in [-0.2, 0) is 0 Å². The molecule has 1 aromatic carbocycles. The minimum absolute atomic E-state index is 0.0471. The summed E-state index contributed by atoms with van der Waals surface area (Å²) in [6.45, 7) is 4.91. The van der Waals surface area contributed by atoms with Crippen molar-refractivity contribution in [2.45, 2.75) is 71.3 Å². The standard InChI is InChI=1S/C26H34O2/c1-25-14-12-19(27)16-18(25)8-9-20-21-10-11-23(26(21,2)15-13-22(20)25)24(28)17-6-4-3-5-7-17/h3-7,11,18-22,27H,8-10,12-16H2,1-2H3/t18-,19-,20-,21-,22-,25-,26-/m0/s1. The summed E-state index contributed by atoms with van der Waals surface area (Å²) in [5.74, 6) is 3.09. The Labute approximate surface area is 169 Å². The second-order valence-corrected chi connectivity index (χ2v) is 10.6. The highest BCUT2D eigenvalue weighted by Gasteiger charge is 2.59. The zero-order valence-electron chi connectivity index (χ0n) is 17.4. The fraction of sp³-hybridized carbons (Fsp3) is 0.654. The molecule has 0 amide bonds. The van der Waals surface area contributed by atoms with Crippen LogP contribution in [0.5, 0.6) is 0 Å². The number of Topliss-reactive ketones (excluding diaryl/α,β-unsaturated/α-hetero) is 1. The van der Waals surface area contributed by atoms with E-state index in [-0.39, 0.29) is 17.3 Å². The molecule has 0 saturated heterocycles. The van der Waals surface area contributed by atoms with E-state index >= 15 is 0 Å². The third-order valence-corrected chi connectivity index (χ3v) is 9.50. The second-order valence-electron chi connectivity index (χ2n) is 10.6. The van der Waals surface area contributed by atoms with Crippen LogP contribution in [0, 0.1) is 34.5 Å². The lowest BCUT2D eigenvalue weighted by Crippen LogP contribution is -2.53. The Kier molecular flexibility index (Phi) is 4.36. The molecule has 1 N–H and O–H groups in total. The highest BCUT2D eigenvalue weighted by atomic mass is 16.3. The number of aliphatic hydroxyl groups is 1. The molecule has 4 aliphatic carbocycles. The Morgan fingerprint density at radius 1 is 1.00 bits per heavy atom. The highest BCUT2D eigenvalue weighted by Crippen LogP contribution is 2.66. The van der Waals surface area contributed by atoms with Gasteiger partial charge < -0.3 is 5.11 Å². The number of rotatable bonds is 2. The normalized spacial score (nSPS) is 44.8. The van der Waals surface area contributed by atoms with Crippen molar-refractivity contribution in [1.82, 2.24) is 0 Å². The van der Waals surface area contributed by atoms with Gasteiger partial charge in [0.1, 0.15) is 0 Å². The molecule has 1 aromatic rings. The maximum atomic E-state index is 13.3. The van der Waals surface area contributed by atoms with Crippen LogP contribution in [-0.4, -0.2) is 17.0 Å². The van der Waals surface area contributed by atoms with Crippen molar-refractivity contribution in [3.63, 3.8) is 0 Å². The van der Waals surface area contributed by atoms with Crippen molar-refractivity contribution in [3.8, 4) is 0 Å². The van der Waals surface area contributed by atoms with E-state index in [4.69, 9.17) is 0 Å². The van der Waals surface area contributed by atoms with Crippen molar-refractivity contribution in [1.29, 1.82) is 0 Å². The molecule has 0 aromatic heterocycles. The number of hydrogen-bond acceptors (Lipinski definition) is 2. The third kappa shape index (κ3) is 2.60. The van der Waals surface area contributed by atoms with E-state index < -0.39 is 0 Å². The van der Waals surface area contributed by atoms with Gasteiger partial charge in [-0.2, -0.15) is 0 Å². The van der Waals surface area contributed by atoms with Crippen LogP contribution in [0.4, 0.5) is 0 Å². The number of ketones is 1. The van der Waals surface area contributed by atoms with Gasteiger partial charge in [0.05, 0.1) is 6.10 Å². The molecule has 150 valence electrons. The molecule has 3 saturated carbocycles. The number of carbonyl (C=O) groups is 1. The number of benzene rings is 1. The Morgan fingerprint density at radius 2 is 1.79 bits per heavy atom. The van der Waals surface area contributed by atoms with E-state index in [9.17, 15) is 9.90 Å². The first kappa shape index (κ1) is 18.6. The van der Waals surface area contributed by atoms with E-state index in [2.05, 4.69) is 19.9 Å². The van der Waals surface area contributed by atoms with Crippen LogP contribution >= 0.6 is 0 Å². The first-order valence-corrected chi connectivity index (χ1v) is 11.4. The summed E-state index contributed by atoms with van der Waals surface area (Å²) in [5, 5.41) is 10.2. The second kappa shape index (κ2) is 6.55. The molecule has 2 heteroatoms. The van der Waals surface area contributed by atoms with Gasteiger partial charge in [-0.25, -0.2) is 0 Å². The zero-order valence-corrected chi connectivity index (χ0v) is 17.4. The van der Waals surface area contributed by atoms with Gasteiger partial charge in [-0.05, 0) is 85.9 Å². The predicted molar refractivity (Wildman–Crippen MR) is 112 cm³/mol. The molecule has 28 heavy (non-hydrogen) atoms. The van der Waals surface area contributed by atoms with Crippen molar-refractivity contribution in [2.24, 2.45) is 34.5 Å². The quantitative estimate of drug-likeness (QED) is 0.660. The summed E-state index contributed by atoms with van der Waals surface area (Å²) in [5.41, 5.74) is 2.38. The zero-order chi connectivity index (χ0) is 19.5. The Balaban J connectivity index is 1.41. The minimum atomic E-state index is -0.0771. The van der Waals surface area contributed by atoms with Crippen LogP contribution in [0.15, 0.2) is 42.0 Å². The summed E-state index contributed by atoms with van der Waals surface area (Å²) in [4.78, 5) is 13.3. The molecule has 2 nitrogen and oxygen atoms in total. The number of fused-ring (bicyclic) bond motifs is 5. The average Bonchev–Trinajstić information content (AvgIpc) is 3.06. The van der Waals surface area contributed by atoms with Crippen molar-refractivity contribution >= 4 is 5.78 Å². The number of allylic oxidation sites excluding steroid dienone is 2. The van der Waals surface area contributed by atoms with Crippen molar-refractivity contribution < 1.29 is 9.90 Å². The Morgan fingerprint density at radius 3 is 2.57 bits per heavy atom. The first-order valence-electron chi connectivity index (χ1n) is 11.4. The molecule has 0 aliphatic heterocycles. The molecule has 0 spiro atoms. The van der Waals surface area contributed by atoms with Crippen LogP contribution in [0.3, 0.4) is 0 Å². The molecular weight excluding hydrogens is 344 g/mol. The maximum absolute atomic E-state index is 13.3. The topological polar surface area (TPSA) is 37.3 Å². The molecule has 0 unspecified atom stereocenters. The van der Waals surface area contributed by atoms with Gasteiger partial charge in [0.2, 0.25) is 0 Å². The highest BCUT2D eigenvalue weighted by molar-refractivity contribution is 6.09. The monoisotopic (exact) mass is 378 g/mol. The lowest BCUT2D eigenvalue weighted by molar-refractivity contribution is -0.117. The summed E-state index contributed by atoms with van der Waals surface area (Å²) in [6.07, 6.45) is 11.4. The molecule has 4 aliphatic rings. The smallest absolute Gasteiger partial charge is 0.189 e. The number of hydrogen-bond donors (Lipinski definition) is 1. The number of carbonyl (C=O) groups excluding carboxylic acids is 1. The van der Waals surface area contributed by atoms with Crippen LogP contribution in [0.1, 0.15) is 75.6 Å². The predicted octanol–water partition coefficient (Wildman–Crippen LogP) is 5.81. The molecule has 5 rings (SSSR count). The van der Waals surface area contributed by atoms with Crippen molar-refractivity contribution in [2.75, 3.05) is 0 Å². The Bertz CT molecular complexity index is 796. The largest absolute Gasteiger partial charge is 0.393 e. The third-order valence-electron chi connectivity index (χ3n) is 9.50. The molecular formula is C26H34O2. The fourth-order valence-electron chi connectivity index (χ4n) is 7.90. The van der Waals surface area contributed by atoms with E-state index in [0.717, 1.165) is 48.7 Å². The lowest BCUT2D eigenvalue weighted by Gasteiger charge is -2.60. The fourth-order valence-corrected chi connectivity index (χ4v) is 7.90. The number of aliphatic hydroxyl groups excluding tert-OH is 1. The van der Waals surface area contributed by atoms with Gasteiger partial charge in [0.25, 0.3) is 0 Å². The SMILES string of the molecule is C[C@]12CC[C@H](O)C[C@@H]1CC[C@@H]1[C@@H]2CC[C@]2(C)C(C(=O)c3ccccc3)=CC[C@@H]12. The minimum Gasteiger partial charge on any atom is -0.393 e. The van der Waals surface area contributed by atoms with E-state index in [1.165, 1.54) is 25.7 Å². The van der Waals surface area contributed by atoms with Gasteiger partial charge >= 0.3 is 0 Å². The summed E-state index contributed by atoms with van der Waals surface area (Å²) >= 11 is 0. The summed E-state index contributed by atoms with van der Waals surface area (Å²) in [6, 6.07) is 9.85. The summed E-state index contributed by atoms with van der Waals surface area (Å²) < 4.78 is 0. The van der Waals surface area contributed by atoms with Gasteiger partial charge in [-0.3, -0.25) is 4.79 Å². The Hall–Kier alpha value is -1.41.